The third-order valence-electron chi connectivity index (χ3n) is 4.37. The van der Waals surface area contributed by atoms with Crippen molar-refractivity contribution < 1.29 is 23.2 Å². The number of rotatable bonds is 4. The molecular formula is C22H15O5P. The molecule has 0 aliphatic heterocycles. The summed E-state index contributed by atoms with van der Waals surface area (Å²) in [7, 11) is -3.37. The fourth-order valence-electron chi connectivity index (χ4n) is 3.09. The lowest BCUT2D eigenvalue weighted by atomic mass is 10.1. The molecule has 28 heavy (non-hydrogen) atoms. The van der Waals surface area contributed by atoms with E-state index in [0.29, 0.717) is 10.8 Å². The van der Waals surface area contributed by atoms with Crippen LogP contribution in [0.2, 0.25) is 0 Å². The molecule has 0 aromatic heterocycles. The Labute approximate surface area is 161 Å². The SMILES string of the molecule is O=C(O[PH](=O)OC(=O)c1cccc2ccccc12)c1cccc2ccccc12. The van der Waals surface area contributed by atoms with Gasteiger partial charge in [-0.1, -0.05) is 72.8 Å². The fraction of sp³-hybridized carbons (Fsp3) is 0. The highest BCUT2D eigenvalue weighted by atomic mass is 31.1. The molecule has 0 atom stereocenters. The van der Waals surface area contributed by atoms with E-state index in [9.17, 15) is 14.2 Å². The first-order chi connectivity index (χ1) is 13.6. The van der Waals surface area contributed by atoms with Crippen LogP contribution in [-0.2, 0) is 13.6 Å². The van der Waals surface area contributed by atoms with Gasteiger partial charge in [0, 0.05) is 0 Å². The molecule has 0 spiro atoms. The van der Waals surface area contributed by atoms with Gasteiger partial charge in [-0.15, -0.1) is 0 Å². The molecule has 0 radical (unpaired) electrons. The molecule has 4 rings (SSSR count). The summed E-state index contributed by atoms with van der Waals surface area (Å²) in [5.74, 6) is -1.60. The Morgan fingerprint density at radius 3 is 1.43 bits per heavy atom. The van der Waals surface area contributed by atoms with Crippen LogP contribution in [0.4, 0.5) is 0 Å². The summed E-state index contributed by atoms with van der Waals surface area (Å²) >= 11 is 0. The molecule has 0 saturated heterocycles. The third-order valence-corrected chi connectivity index (χ3v) is 5.08. The number of hydrogen-bond donors (Lipinski definition) is 0. The summed E-state index contributed by atoms with van der Waals surface area (Å²) in [4.78, 5) is 24.8. The molecule has 0 aliphatic carbocycles. The Bertz CT molecular complexity index is 1130. The Kier molecular flexibility index (Phi) is 4.92. The largest absolute Gasteiger partial charge is 0.423 e. The molecule has 4 aromatic rings. The maximum atomic E-state index is 12.4. The Morgan fingerprint density at radius 2 is 0.964 bits per heavy atom. The van der Waals surface area contributed by atoms with Gasteiger partial charge in [-0.25, -0.2) is 14.2 Å². The van der Waals surface area contributed by atoms with E-state index >= 15 is 0 Å². The summed E-state index contributed by atoms with van der Waals surface area (Å²) in [5.41, 5.74) is 0.523. The zero-order valence-corrected chi connectivity index (χ0v) is 15.6. The topological polar surface area (TPSA) is 69.7 Å². The van der Waals surface area contributed by atoms with E-state index in [4.69, 9.17) is 9.05 Å². The van der Waals surface area contributed by atoms with Crippen molar-refractivity contribution in [2.75, 3.05) is 0 Å². The average molecular weight is 390 g/mol. The lowest BCUT2D eigenvalue weighted by Gasteiger charge is -2.09. The monoisotopic (exact) mass is 390 g/mol. The van der Waals surface area contributed by atoms with Gasteiger partial charge in [-0.2, -0.15) is 0 Å². The smallest absolute Gasteiger partial charge is 0.381 e. The van der Waals surface area contributed by atoms with Crippen LogP contribution < -0.4 is 0 Å². The summed E-state index contributed by atoms with van der Waals surface area (Å²) in [6.45, 7) is 0. The van der Waals surface area contributed by atoms with Crippen LogP contribution in [0, 0.1) is 0 Å². The van der Waals surface area contributed by atoms with Crippen LogP contribution in [0.5, 0.6) is 0 Å². The van der Waals surface area contributed by atoms with Crippen LogP contribution in [0.3, 0.4) is 0 Å². The van der Waals surface area contributed by atoms with E-state index in [-0.39, 0.29) is 11.1 Å². The van der Waals surface area contributed by atoms with Crippen molar-refractivity contribution in [2.45, 2.75) is 0 Å². The van der Waals surface area contributed by atoms with Gasteiger partial charge in [-0.3, -0.25) is 0 Å². The van der Waals surface area contributed by atoms with Crippen LogP contribution >= 0.6 is 8.25 Å². The highest BCUT2D eigenvalue weighted by Gasteiger charge is 2.19. The molecule has 138 valence electrons. The molecule has 0 saturated carbocycles. The third kappa shape index (κ3) is 3.53. The minimum atomic E-state index is -3.37. The summed E-state index contributed by atoms with van der Waals surface area (Å²) in [6, 6.07) is 24.8. The molecule has 5 nitrogen and oxygen atoms in total. The van der Waals surface area contributed by atoms with Gasteiger partial charge in [0.25, 0.3) is 0 Å². The molecule has 0 heterocycles. The predicted octanol–water partition coefficient (Wildman–Crippen LogP) is 5.40. The minimum Gasteiger partial charge on any atom is -0.381 e. The first-order valence-corrected chi connectivity index (χ1v) is 9.80. The van der Waals surface area contributed by atoms with E-state index < -0.39 is 20.2 Å². The normalized spacial score (nSPS) is 10.9. The van der Waals surface area contributed by atoms with E-state index in [2.05, 4.69) is 0 Å². The lowest BCUT2D eigenvalue weighted by Crippen LogP contribution is -2.05. The molecule has 0 bridgehead atoms. The number of carbonyl (C=O) groups excluding carboxylic acids is 2. The van der Waals surface area contributed by atoms with Gasteiger partial charge in [0.15, 0.2) is 0 Å². The van der Waals surface area contributed by atoms with Crippen LogP contribution in [0.15, 0.2) is 84.9 Å². The zero-order chi connectivity index (χ0) is 19.5. The molecule has 0 N–H and O–H groups in total. The summed E-state index contributed by atoms with van der Waals surface area (Å²) < 4.78 is 22.0. The van der Waals surface area contributed by atoms with Gasteiger partial charge in [0.2, 0.25) is 0 Å². The molecule has 0 amide bonds. The number of hydrogen-bond acceptors (Lipinski definition) is 5. The van der Waals surface area contributed by atoms with Crippen LogP contribution in [0.1, 0.15) is 20.7 Å². The molecule has 6 heteroatoms. The minimum absolute atomic E-state index is 0.262. The van der Waals surface area contributed by atoms with E-state index in [1.807, 2.05) is 36.4 Å². The molecule has 4 aromatic carbocycles. The van der Waals surface area contributed by atoms with Gasteiger partial charge >= 0.3 is 20.2 Å². The van der Waals surface area contributed by atoms with Crippen molar-refractivity contribution in [3.8, 4) is 0 Å². The summed E-state index contributed by atoms with van der Waals surface area (Å²) in [5, 5.41) is 3.05. The Morgan fingerprint density at radius 1 is 0.571 bits per heavy atom. The zero-order valence-electron chi connectivity index (χ0n) is 14.6. The summed E-state index contributed by atoms with van der Waals surface area (Å²) in [6.07, 6.45) is 0. The highest BCUT2D eigenvalue weighted by Crippen LogP contribution is 2.30. The second-order valence-electron chi connectivity index (χ2n) is 6.08. The second kappa shape index (κ2) is 7.67. The first-order valence-electron chi connectivity index (χ1n) is 8.57. The average Bonchev–Trinajstić information content (AvgIpc) is 2.72. The van der Waals surface area contributed by atoms with Crippen molar-refractivity contribution in [3.05, 3.63) is 96.1 Å². The van der Waals surface area contributed by atoms with Crippen molar-refractivity contribution >= 4 is 41.7 Å². The maximum absolute atomic E-state index is 12.4. The van der Waals surface area contributed by atoms with Crippen molar-refractivity contribution in [2.24, 2.45) is 0 Å². The highest BCUT2D eigenvalue weighted by molar-refractivity contribution is 7.34. The van der Waals surface area contributed by atoms with Gasteiger partial charge < -0.3 is 9.05 Å². The molecular weight excluding hydrogens is 375 g/mol. The van der Waals surface area contributed by atoms with E-state index in [1.165, 1.54) is 0 Å². The molecule has 0 aliphatic rings. The number of carbonyl (C=O) groups is 2. The Hall–Kier alpha value is -3.43. The van der Waals surface area contributed by atoms with Crippen molar-refractivity contribution in [3.63, 3.8) is 0 Å². The molecule has 0 fully saturated rings. The number of benzene rings is 4. The Balaban J connectivity index is 1.52. The van der Waals surface area contributed by atoms with E-state index in [0.717, 1.165) is 10.8 Å². The van der Waals surface area contributed by atoms with Gasteiger partial charge in [0.1, 0.15) is 0 Å². The van der Waals surface area contributed by atoms with E-state index in [1.54, 1.807) is 48.5 Å². The maximum Gasteiger partial charge on any atom is 0.423 e. The van der Waals surface area contributed by atoms with Crippen LogP contribution in [-0.4, -0.2) is 11.9 Å². The van der Waals surface area contributed by atoms with Gasteiger partial charge in [-0.05, 0) is 33.7 Å². The lowest BCUT2D eigenvalue weighted by molar-refractivity contribution is 0.0656. The number of fused-ring (bicyclic) bond motifs is 2. The molecule has 0 unspecified atom stereocenters. The van der Waals surface area contributed by atoms with Crippen molar-refractivity contribution in [1.82, 2.24) is 0 Å². The van der Waals surface area contributed by atoms with Crippen molar-refractivity contribution in [1.29, 1.82) is 0 Å². The quantitative estimate of drug-likeness (QED) is 0.437. The van der Waals surface area contributed by atoms with Crippen LogP contribution in [0.25, 0.3) is 21.5 Å². The fourth-order valence-corrected chi connectivity index (χ4v) is 3.65. The second-order valence-corrected chi connectivity index (χ2v) is 6.99. The predicted molar refractivity (Wildman–Crippen MR) is 108 cm³/mol. The van der Waals surface area contributed by atoms with Gasteiger partial charge in [0.05, 0.1) is 11.1 Å². The first kappa shape index (κ1) is 18.0. The standard InChI is InChI=1S/C22H15O5P/c23-21(19-13-5-9-15-7-1-3-11-17(15)19)26-28(25)27-22(24)20-14-6-10-16-8-2-4-12-18(16)20/h1-14,28H.